The Labute approximate surface area is 187 Å². The Morgan fingerprint density at radius 1 is 1.00 bits per heavy atom. The molecular weight excluding hydrogens is 402 g/mol. The van der Waals surface area contributed by atoms with Crippen LogP contribution in [0.4, 0.5) is 5.82 Å². The van der Waals surface area contributed by atoms with Gasteiger partial charge < -0.3 is 14.8 Å². The molecule has 4 rings (SSSR count). The minimum Gasteiger partial charge on any atom is -0.497 e. The van der Waals surface area contributed by atoms with E-state index in [4.69, 9.17) is 9.47 Å². The third kappa shape index (κ3) is 4.75. The van der Waals surface area contributed by atoms with Gasteiger partial charge in [0.15, 0.2) is 5.82 Å². The fraction of sp³-hybridized carbons (Fsp3) is 0.231. The number of nitrogens with one attached hydrogen (secondary N) is 2. The molecule has 32 heavy (non-hydrogen) atoms. The van der Waals surface area contributed by atoms with Crippen molar-refractivity contribution in [2.24, 2.45) is 0 Å². The van der Waals surface area contributed by atoms with Gasteiger partial charge in [-0.1, -0.05) is 45.0 Å². The van der Waals surface area contributed by atoms with Crippen LogP contribution in [0, 0.1) is 0 Å². The van der Waals surface area contributed by atoms with Gasteiger partial charge in [0.2, 0.25) is 0 Å². The van der Waals surface area contributed by atoms with E-state index < -0.39 is 0 Å². The number of carbonyl (C=O) groups is 1. The van der Waals surface area contributed by atoms with Crippen molar-refractivity contribution in [1.29, 1.82) is 0 Å². The van der Waals surface area contributed by atoms with Crippen molar-refractivity contribution < 1.29 is 14.3 Å². The third-order valence-electron chi connectivity index (χ3n) is 5.32. The van der Waals surface area contributed by atoms with Crippen LogP contribution >= 0.6 is 0 Å². The van der Waals surface area contributed by atoms with Crippen LogP contribution in [0.25, 0.3) is 10.9 Å². The molecule has 6 nitrogen and oxygen atoms in total. The molecule has 3 aromatic carbocycles. The van der Waals surface area contributed by atoms with E-state index in [0.717, 1.165) is 22.2 Å². The summed E-state index contributed by atoms with van der Waals surface area (Å²) in [5, 5.41) is 10.9. The molecule has 1 aromatic heterocycles. The molecule has 0 aliphatic rings. The molecular formula is C26H27N3O3. The molecule has 164 valence electrons. The van der Waals surface area contributed by atoms with Crippen molar-refractivity contribution in [1.82, 2.24) is 10.2 Å². The number of hydrogen-bond acceptors (Lipinski definition) is 4. The largest absolute Gasteiger partial charge is 0.497 e. The number of amides is 1. The number of rotatable bonds is 6. The zero-order valence-corrected chi connectivity index (χ0v) is 18.7. The molecule has 0 unspecified atom stereocenters. The molecule has 0 saturated carbocycles. The Morgan fingerprint density at radius 3 is 2.50 bits per heavy atom. The number of hydrogen-bond donors (Lipinski definition) is 2. The molecule has 0 spiro atoms. The van der Waals surface area contributed by atoms with E-state index in [2.05, 4.69) is 36.3 Å². The smallest absolute Gasteiger partial charge is 0.256 e. The highest BCUT2D eigenvalue weighted by molar-refractivity contribution is 6.08. The third-order valence-corrected chi connectivity index (χ3v) is 5.32. The van der Waals surface area contributed by atoms with Gasteiger partial charge in [0.05, 0.1) is 12.6 Å². The molecule has 0 bridgehead atoms. The molecule has 0 atom stereocenters. The van der Waals surface area contributed by atoms with Crippen LogP contribution in [-0.4, -0.2) is 23.2 Å². The van der Waals surface area contributed by atoms with Crippen LogP contribution in [0.1, 0.15) is 42.3 Å². The normalized spacial score (nSPS) is 11.4. The van der Waals surface area contributed by atoms with Gasteiger partial charge in [-0.2, -0.15) is 5.10 Å². The van der Waals surface area contributed by atoms with Crippen LogP contribution in [-0.2, 0) is 12.0 Å². The lowest BCUT2D eigenvalue weighted by atomic mass is 9.87. The molecule has 0 fully saturated rings. The highest BCUT2D eigenvalue weighted by Crippen LogP contribution is 2.27. The van der Waals surface area contributed by atoms with E-state index in [1.54, 1.807) is 7.11 Å². The zero-order chi connectivity index (χ0) is 22.7. The maximum atomic E-state index is 12.8. The Morgan fingerprint density at radius 2 is 1.78 bits per heavy atom. The number of nitrogens with zero attached hydrogens (tertiary/aromatic N) is 1. The maximum Gasteiger partial charge on any atom is 0.256 e. The first-order chi connectivity index (χ1) is 15.3. The summed E-state index contributed by atoms with van der Waals surface area (Å²) in [6, 6.07) is 21.0. The van der Waals surface area contributed by atoms with E-state index >= 15 is 0 Å². The lowest BCUT2D eigenvalue weighted by Gasteiger charge is -2.19. The predicted molar refractivity (Wildman–Crippen MR) is 127 cm³/mol. The van der Waals surface area contributed by atoms with Gasteiger partial charge in [-0.05, 0) is 59.0 Å². The molecule has 0 radical (unpaired) electrons. The molecule has 2 N–H and O–H groups in total. The fourth-order valence-corrected chi connectivity index (χ4v) is 3.41. The standard InChI is InChI=1S/C26H27N3O3/c1-26(2,3)19-10-8-18(9-11-19)25(30)27-24-22-15-21(12-13-23(22)28-29-24)32-16-17-6-5-7-20(14-17)31-4/h5-15H,16H2,1-4H3,(H2,27,28,29,30). The number of carbonyl (C=O) groups excluding carboxylic acids is 1. The van der Waals surface area contributed by atoms with Crippen molar-refractivity contribution in [3.8, 4) is 11.5 Å². The van der Waals surface area contributed by atoms with Crippen LogP contribution in [0.5, 0.6) is 11.5 Å². The second-order valence-electron chi connectivity index (χ2n) is 8.70. The number of anilines is 1. The number of aromatic nitrogens is 2. The first kappa shape index (κ1) is 21.4. The Hall–Kier alpha value is -3.80. The molecule has 1 heterocycles. The first-order valence-electron chi connectivity index (χ1n) is 10.5. The van der Waals surface area contributed by atoms with Gasteiger partial charge in [-0.25, -0.2) is 0 Å². The number of aromatic amines is 1. The number of fused-ring (bicyclic) bond motifs is 1. The zero-order valence-electron chi connectivity index (χ0n) is 18.7. The lowest BCUT2D eigenvalue weighted by Crippen LogP contribution is -2.14. The van der Waals surface area contributed by atoms with Crippen molar-refractivity contribution >= 4 is 22.6 Å². The number of ether oxygens (including phenoxy) is 2. The van der Waals surface area contributed by atoms with Gasteiger partial charge in [0, 0.05) is 10.9 Å². The molecule has 4 aromatic rings. The highest BCUT2D eigenvalue weighted by atomic mass is 16.5. The van der Waals surface area contributed by atoms with Crippen molar-refractivity contribution in [3.63, 3.8) is 0 Å². The molecule has 0 aliphatic heterocycles. The SMILES string of the molecule is COc1cccc(COc2ccc3[nH]nc(NC(=O)c4ccc(C(C)(C)C)cc4)c3c2)c1. The molecule has 0 saturated heterocycles. The number of benzene rings is 3. The van der Waals surface area contributed by atoms with Gasteiger partial charge in [-0.3, -0.25) is 9.89 Å². The summed E-state index contributed by atoms with van der Waals surface area (Å²) in [6.07, 6.45) is 0. The van der Waals surface area contributed by atoms with Gasteiger partial charge in [0.1, 0.15) is 18.1 Å². The van der Waals surface area contributed by atoms with Crippen LogP contribution < -0.4 is 14.8 Å². The Kier molecular flexibility index (Phi) is 5.86. The number of H-pyrrole nitrogens is 1. The van der Waals surface area contributed by atoms with Crippen LogP contribution in [0.2, 0.25) is 0 Å². The minimum absolute atomic E-state index is 0.0364. The summed E-state index contributed by atoms with van der Waals surface area (Å²) in [7, 11) is 1.64. The average molecular weight is 430 g/mol. The monoisotopic (exact) mass is 429 g/mol. The molecule has 0 aliphatic carbocycles. The fourth-order valence-electron chi connectivity index (χ4n) is 3.41. The van der Waals surface area contributed by atoms with E-state index in [0.29, 0.717) is 23.7 Å². The topological polar surface area (TPSA) is 76.2 Å². The van der Waals surface area contributed by atoms with Crippen LogP contribution in [0.15, 0.2) is 66.7 Å². The van der Waals surface area contributed by atoms with Gasteiger partial charge >= 0.3 is 0 Å². The van der Waals surface area contributed by atoms with Crippen LogP contribution in [0.3, 0.4) is 0 Å². The second-order valence-corrected chi connectivity index (χ2v) is 8.70. The van der Waals surface area contributed by atoms with E-state index in [-0.39, 0.29) is 11.3 Å². The highest BCUT2D eigenvalue weighted by Gasteiger charge is 2.16. The lowest BCUT2D eigenvalue weighted by molar-refractivity contribution is 0.102. The van der Waals surface area contributed by atoms with E-state index in [1.807, 2.05) is 66.7 Å². The minimum atomic E-state index is -0.207. The van der Waals surface area contributed by atoms with Crippen molar-refractivity contribution in [3.05, 3.63) is 83.4 Å². The van der Waals surface area contributed by atoms with Gasteiger partial charge in [-0.15, -0.1) is 0 Å². The average Bonchev–Trinajstić information content (AvgIpc) is 3.19. The summed E-state index contributed by atoms with van der Waals surface area (Å²) >= 11 is 0. The summed E-state index contributed by atoms with van der Waals surface area (Å²) < 4.78 is 11.2. The summed E-state index contributed by atoms with van der Waals surface area (Å²) in [4.78, 5) is 12.8. The van der Waals surface area contributed by atoms with Crippen molar-refractivity contribution in [2.75, 3.05) is 12.4 Å². The van der Waals surface area contributed by atoms with E-state index in [1.165, 1.54) is 5.56 Å². The molecule has 6 heteroatoms. The second kappa shape index (κ2) is 8.75. The summed E-state index contributed by atoms with van der Waals surface area (Å²) in [6.45, 7) is 6.84. The summed E-state index contributed by atoms with van der Waals surface area (Å²) in [5.41, 5.74) is 3.62. The molecule has 1 amide bonds. The summed E-state index contributed by atoms with van der Waals surface area (Å²) in [5.74, 6) is 1.74. The predicted octanol–water partition coefficient (Wildman–Crippen LogP) is 5.70. The van der Waals surface area contributed by atoms with Gasteiger partial charge in [0.25, 0.3) is 5.91 Å². The quantitative estimate of drug-likeness (QED) is 0.412. The maximum absolute atomic E-state index is 12.8. The first-order valence-corrected chi connectivity index (χ1v) is 10.5. The van der Waals surface area contributed by atoms with Crippen molar-refractivity contribution in [2.45, 2.75) is 32.8 Å². The Balaban J connectivity index is 1.49. The number of methoxy groups -OCH3 is 1. The van der Waals surface area contributed by atoms with E-state index in [9.17, 15) is 4.79 Å². The Bertz CT molecular complexity index is 1240.